The van der Waals surface area contributed by atoms with E-state index in [0.717, 1.165) is 24.6 Å². The Kier molecular flexibility index (Phi) is 19.3. The minimum atomic E-state index is -3.46. The molecular weight excluding hydrogens is 1080 g/mol. The molecule has 0 aliphatic carbocycles. The molecule has 26 heteroatoms. The number of hydrogen-bond acceptors (Lipinski definition) is 12. The van der Waals surface area contributed by atoms with Crippen LogP contribution >= 0.6 is 0 Å². The predicted octanol–water partition coefficient (Wildman–Crippen LogP) is 3.99. The quantitative estimate of drug-likeness (QED) is 0.0790. The number of hydrogen-bond donors (Lipinski definition) is 4. The number of nitrogens with zero attached hydrogens (tertiary/aromatic N) is 4. The number of amides is 4. The van der Waals surface area contributed by atoms with Crippen LogP contribution in [0.15, 0.2) is 94.7 Å². The summed E-state index contributed by atoms with van der Waals surface area (Å²) in [6.07, 6.45) is 4.21. The molecule has 4 fully saturated rings. The number of rotatable bonds is 14. The van der Waals surface area contributed by atoms with Gasteiger partial charge in [0.25, 0.3) is 11.8 Å². The second-order valence-corrected chi connectivity index (χ2v) is 23.5. The molecule has 8 rings (SSSR count). The average molecular weight is 1140 g/mol. The fourth-order valence-electron chi connectivity index (χ4n) is 9.93. The fourth-order valence-corrected chi connectivity index (χ4v) is 11.3. The number of carboxylic acids is 2. The second kappa shape index (κ2) is 25.1. The maximum absolute atomic E-state index is 13.9. The normalized spacial score (nSPS) is 19.6. The van der Waals surface area contributed by atoms with Gasteiger partial charge in [-0.05, 0) is 85.3 Å². The van der Waals surface area contributed by atoms with Gasteiger partial charge in [-0.1, -0.05) is 12.1 Å². The van der Waals surface area contributed by atoms with E-state index in [1.165, 1.54) is 36.4 Å². The van der Waals surface area contributed by atoms with Crippen molar-refractivity contribution in [3.05, 3.63) is 142 Å². The van der Waals surface area contributed by atoms with Crippen LogP contribution in [0.5, 0.6) is 0 Å². The highest BCUT2D eigenvalue weighted by atomic mass is 32.2. The molecule has 0 radical (unpaired) electrons. The number of halogens is 6. The van der Waals surface area contributed by atoms with Gasteiger partial charge in [-0.3, -0.25) is 19.2 Å². The Morgan fingerprint density at radius 1 is 0.551 bits per heavy atom. The molecule has 6 N–H and O–H groups in total. The van der Waals surface area contributed by atoms with Crippen molar-refractivity contribution in [1.82, 2.24) is 19.6 Å². The first-order valence-electron chi connectivity index (χ1n) is 24.2. The van der Waals surface area contributed by atoms with Gasteiger partial charge in [0.2, 0.25) is 11.8 Å². The summed E-state index contributed by atoms with van der Waals surface area (Å²) in [5, 5.41) is 15.6. The third kappa shape index (κ3) is 15.3. The third-order valence-electron chi connectivity index (χ3n) is 13.7. The van der Waals surface area contributed by atoms with Crippen LogP contribution in [0.1, 0.15) is 57.5 Å². The summed E-state index contributed by atoms with van der Waals surface area (Å²) in [4.78, 5) is 77.7. The number of carbonyl (C=O) groups is 6. The molecule has 4 aliphatic heterocycles. The maximum Gasteiger partial charge on any atom is 0.328 e. The minimum absolute atomic E-state index is 0.0611. The molecule has 0 aromatic heterocycles. The summed E-state index contributed by atoms with van der Waals surface area (Å²) in [5.74, 6) is -10.2. The zero-order valence-electron chi connectivity index (χ0n) is 42.0. The van der Waals surface area contributed by atoms with Crippen molar-refractivity contribution in [3.8, 4) is 0 Å². The highest BCUT2D eigenvalue weighted by Crippen LogP contribution is 2.35. The van der Waals surface area contributed by atoms with Crippen LogP contribution < -0.4 is 11.5 Å². The van der Waals surface area contributed by atoms with Crippen LogP contribution in [0.4, 0.5) is 26.3 Å². The first-order valence-corrected chi connectivity index (χ1v) is 28.0. The molecule has 4 amide bonds. The molecule has 78 heavy (non-hydrogen) atoms. The average Bonchev–Trinajstić information content (AvgIpc) is 4.21. The number of sulfone groups is 2. The SMILES string of the molecule is CS(=O)(=O)c1cccc(C(=O)N2C[C@@H]3CCN(C(=O)C[C@H](N)Cc4cc(F)c(F)cc4F)[C@@H]3C2)c1.CS(=O)(=O)c1cccc(C(=O)N2C[C@@H]3CCN(C(=O)C[C@H](N)Cc4cc(F)c(F)cc4F)[C@@H]3C2)c1.O=C(O)/C=C/C(=O)O. The molecule has 18 nitrogen and oxygen atoms in total. The predicted molar refractivity (Wildman–Crippen MR) is 268 cm³/mol. The molecule has 4 heterocycles. The van der Waals surface area contributed by atoms with Crippen LogP contribution in [-0.2, 0) is 51.7 Å². The lowest BCUT2D eigenvalue weighted by Gasteiger charge is -2.26. The molecule has 6 atom stereocenters. The van der Waals surface area contributed by atoms with E-state index < -0.39 is 78.6 Å². The number of carboxylic acid groups (broad SMARTS) is 2. The Morgan fingerprint density at radius 3 is 1.23 bits per heavy atom. The van der Waals surface area contributed by atoms with Crippen LogP contribution in [0, 0.1) is 46.7 Å². The van der Waals surface area contributed by atoms with Gasteiger partial charge < -0.3 is 41.3 Å². The van der Waals surface area contributed by atoms with Gasteiger partial charge in [-0.2, -0.15) is 0 Å². The Hall–Kier alpha value is -7.16. The molecule has 4 aliphatic rings. The fraction of sp³-hybridized carbons (Fsp3) is 0.385. The summed E-state index contributed by atoms with van der Waals surface area (Å²) >= 11 is 0. The Balaban J connectivity index is 0.000000221. The third-order valence-corrected chi connectivity index (χ3v) is 15.9. The first-order chi connectivity index (χ1) is 36.5. The number of aliphatic carboxylic acids is 2. The molecule has 0 unspecified atom stereocenters. The highest BCUT2D eigenvalue weighted by Gasteiger charge is 2.46. The summed E-state index contributed by atoms with van der Waals surface area (Å²) in [6.45, 7) is 2.53. The van der Waals surface area contributed by atoms with E-state index >= 15 is 0 Å². The molecule has 0 saturated carbocycles. The second-order valence-electron chi connectivity index (χ2n) is 19.5. The van der Waals surface area contributed by atoms with E-state index in [1.54, 1.807) is 31.7 Å². The Bertz CT molecular complexity index is 3030. The minimum Gasteiger partial charge on any atom is -0.478 e. The molecular formula is C52H56F6N6O12S2. The van der Waals surface area contributed by atoms with Crippen LogP contribution in [0.25, 0.3) is 0 Å². The van der Waals surface area contributed by atoms with Crippen LogP contribution in [-0.4, -0.2) is 158 Å². The largest absolute Gasteiger partial charge is 0.478 e. The first kappa shape index (κ1) is 60.1. The van der Waals surface area contributed by atoms with Gasteiger partial charge in [0.1, 0.15) is 11.6 Å². The monoisotopic (exact) mass is 1130 g/mol. The number of nitrogens with two attached hydrogens (primary N) is 2. The number of carbonyl (C=O) groups excluding carboxylic acids is 4. The molecule has 0 spiro atoms. The van der Waals surface area contributed by atoms with Crippen molar-refractivity contribution < 1.29 is 82.2 Å². The number of fused-ring (bicyclic) bond motifs is 2. The smallest absolute Gasteiger partial charge is 0.328 e. The molecule has 4 aromatic carbocycles. The maximum atomic E-state index is 13.9. The van der Waals surface area contributed by atoms with Gasteiger partial charge in [-0.25, -0.2) is 52.8 Å². The molecule has 4 saturated heterocycles. The van der Waals surface area contributed by atoms with Gasteiger partial charge >= 0.3 is 11.9 Å². The molecule has 420 valence electrons. The lowest BCUT2D eigenvalue weighted by molar-refractivity contribution is -0.134. The molecule has 4 aromatic rings. The van der Waals surface area contributed by atoms with Crippen molar-refractivity contribution in [2.24, 2.45) is 23.3 Å². The highest BCUT2D eigenvalue weighted by molar-refractivity contribution is 7.91. The van der Waals surface area contributed by atoms with Crippen molar-refractivity contribution in [2.45, 2.75) is 72.5 Å². The number of likely N-dealkylation sites (tertiary alicyclic amines) is 4. The zero-order chi connectivity index (χ0) is 57.6. The van der Waals surface area contributed by atoms with Gasteiger partial charge in [0.05, 0.1) is 21.9 Å². The summed E-state index contributed by atoms with van der Waals surface area (Å²) < 4.78 is 128. The van der Waals surface area contributed by atoms with E-state index in [-0.39, 0.29) is 105 Å². The summed E-state index contributed by atoms with van der Waals surface area (Å²) in [7, 11) is -6.91. The van der Waals surface area contributed by atoms with Crippen LogP contribution in [0.2, 0.25) is 0 Å². The molecule has 0 bridgehead atoms. The Morgan fingerprint density at radius 2 is 0.897 bits per heavy atom. The van der Waals surface area contributed by atoms with Crippen molar-refractivity contribution in [3.63, 3.8) is 0 Å². The number of benzene rings is 4. The lowest BCUT2D eigenvalue weighted by atomic mass is 10.0. The van der Waals surface area contributed by atoms with Gasteiger partial charge in [0.15, 0.2) is 42.9 Å². The summed E-state index contributed by atoms with van der Waals surface area (Å²) in [6, 6.07) is 12.2. The van der Waals surface area contributed by atoms with E-state index in [4.69, 9.17) is 21.7 Å². The standard InChI is InChI=1S/2C24H26F3N3O4S.C4H4O4/c2*1-35(33,34)18-4-2-3-14(8-18)24(32)29-12-15-5-6-30(22(15)13-29)23(31)10-17(28)7-16-9-20(26)21(27)11-19(16)25;5-3(6)1-2-4(7)8/h2*2-4,8-9,11,15,17,22H,5-7,10,12-13,28H2,1H3;1-2H,(H,5,6)(H,7,8)/b;;2-1+/t2*15-,17+,22+;/m00./s1. The summed E-state index contributed by atoms with van der Waals surface area (Å²) in [5.41, 5.74) is 12.4. The zero-order valence-corrected chi connectivity index (χ0v) is 43.7. The van der Waals surface area contributed by atoms with Gasteiger partial charge in [0, 0.05) is 124 Å². The van der Waals surface area contributed by atoms with E-state index in [9.17, 15) is 71.9 Å². The van der Waals surface area contributed by atoms with E-state index in [1.807, 2.05) is 0 Å². The van der Waals surface area contributed by atoms with Crippen molar-refractivity contribution in [1.29, 1.82) is 0 Å². The van der Waals surface area contributed by atoms with Crippen molar-refractivity contribution in [2.75, 3.05) is 51.8 Å². The van der Waals surface area contributed by atoms with Crippen molar-refractivity contribution >= 4 is 55.2 Å². The topological polar surface area (TPSA) is 276 Å². The van der Waals surface area contributed by atoms with E-state index in [0.29, 0.717) is 76.4 Å². The Labute approximate surface area is 445 Å². The lowest BCUT2D eigenvalue weighted by Crippen LogP contribution is -2.43. The van der Waals surface area contributed by atoms with E-state index in [2.05, 4.69) is 0 Å². The van der Waals surface area contributed by atoms with Crippen LogP contribution in [0.3, 0.4) is 0 Å². The van der Waals surface area contributed by atoms with Gasteiger partial charge in [-0.15, -0.1) is 0 Å².